The summed E-state index contributed by atoms with van der Waals surface area (Å²) in [5.74, 6) is 2.02. The lowest BCUT2D eigenvalue weighted by Gasteiger charge is -2.11. The molecule has 0 unspecified atom stereocenters. The van der Waals surface area contributed by atoms with Gasteiger partial charge in [-0.25, -0.2) is 9.67 Å². The lowest BCUT2D eigenvalue weighted by atomic mass is 10.1. The van der Waals surface area contributed by atoms with Crippen molar-refractivity contribution < 1.29 is 4.74 Å². The molecule has 0 atom stereocenters. The lowest BCUT2D eigenvalue weighted by molar-refractivity contribution is 0.184. The van der Waals surface area contributed by atoms with E-state index in [2.05, 4.69) is 27.2 Å². The van der Waals surface area contributed by atoms with Crippen molar-refractivity contribution in [1.82, 2.24) is 24.7 Å². The number of hydrogen-bond acceptors (Lipinski definition) is 6. The molecule has 0 bridgehead atoms. The van der Waals surface area contributed by atoms with Crippen LogP contribution in [-0.2, 0) is 11.3 Å². The van der Waals surface area contributed by atoms with Gasteiger partial charge in [0.05, 0.1) is 25.0 Å². The first-order chi connectivity index (χ1) is 13.2. The predicted octanol–water partition coefficient (Wildman–Crippen LogP) is 2.99. The molecule has 3 aromatic rings. The third-order valence-electron chi connectivity index (χ3n) is 4.73. The summed E-state index contributed by atoms with van der Waals surface area (Å²) in [7, 11) is 5.67. The van der Waals surface area contributed by atoms with E-state index in [0.717, 1.165) is 22.9 Å². The molecule has 1 aliphatic carbocycles. The fourth-order valence-electron chi connectivity index (χ4n) is 3.00. The second-order valence-electron chi connectivity index (χ2n) is 7.02. The van der Waals surface area contributed by atoms with Crippen LogP contribution in [0.3, 0.4) is 0 Å². The van der Waals surface area contributed by atoms with Crippen LogP contribution >= 0.6 is 0 Å². The van der Waals surface area contributed by atoms with Crippen molar-refractivity contribution in [1.29, 1.82) is 0 Å². The third kappa shape index (κ3) is 3.83. The molecule has 4 rings (SSSR count). The number of pyridine rings is 2. The highest BCUT2D eigenvalue weighted by atomic mass is 16.5. The molecule has 7 heteroatoms. The number of aromatic nitrogens is 5. The summed E-state index contributed by atoms with van der Waals surface area (Å²) in [6.07, 6.45) is 6.21. The van der Waals surface area contributed by atoms with E-state index >= 15 is 0 Å². The highest BCUT2D eigenvalue weighted by Crippen LogP contribution is 2.40. The van der Waals surface area contributed by atoms with Crippen molar-refractivity contribution in [3.05, 3.63) is 42.2 Å². The van der Waals surface area contributed by atoms with Crippen molar-refractivity contribution in [2.45, 2.75) is 25.3 Å². The molecule has 3 heterocycles. The Kier molecular flexibility index (Phi) is 4.85. The Morgan fingerprint density at radius 2 is 2.00 bits per heavy atom. The summed E-state index contributed by atoms with van der Waals surface area (Å²) in [6.45, 7) is 1.18. The van der Waals surface area contributed by atoms with Gasteiger partial charge in [-0.15, -0.1) is 5.10 Å². The lowest BCUT2D eigenvalue weighted by Crippen LogP contribution is -2.09. The molecule has 1 aliphatic rings. The minimum Gasteiger partial charge on any atom is -0.383 e. The summed E-state index contributed by atoms with van der Waals surface area (Å²) in [4.78, 5) is 15.8. The molecule has 0 amide bonds. The Morgan fingerprint density at radius 1 is 1.15 bits per heavy atom. The molecule has 0 radical (unpaired) electrons. The van der Waals surface area contributed by atoms with Crippen LogP contribution in [0.1, 0.15) is 24.3 Å². The van der Waals surface area contributed by atoms with Gasteiger partial charge in [-0.05, 0) is 48.6 Å². The highest BCUT2D eigenvalue weighted by Gasteiger charge is 2.24. The molecule has 0 spiro atoms. The number of methoxy groups -OCH3 is 1. The monoisotopic (exact) mass is 364 g/mol. The van der Waals surface area contributed by atoms with E-state index in [4.69, 9.17) is 9.72 Å². The fourth-order valence-corrected chi connectivity index (χ4v) is 3.00. The third-order valence-corrected chi connectivity index (χ3v) is 4.73. The summed E-state index contributed by atoms with van der Waals surface area (Å²) >= 11 is 0. The Bertz CT molecular complexity index is 914. The second kappa shape index (κ2) is 7.44. The molecule has 0 aliphatic heterocycles. The van der Waals surface area contributed by atoms with E-state index in [1.54, 1.807) is 7.11 Å². The van der Waals surface area contributed by atoms with Crippen LogP contribution in [0.4, 0.5) is 5.69 Å². The van der Waals surface area contributed by atoms with Crippen LogP contribution < -0.4 is 4.90 Å². The van der Waals surface area contributed by atoms with Crippen LogP contribution in [-0.4, -0.2) is 52.5 Å². The summed E-state index contributed by atoms with van der Waals surface area (Å²) in [6, 6.07) is 8.20. The van der Waals surface area contributed by atoms with Gasteiger partial charge in [0.2, 0.25) is 0 Å². The van der Waals surface area contributed by atoms with Crippen molar-refractivity contribution in [2.75, 3.05) is 32.7 Å². The van der Waals surface area contributed by atoms with Crippen molar-refractivity contribution in [3.8, 4) is 23.0 Å². The van der Waals surface area contributed by atoms with Gasteiger partial charge in [0.15, 0.2) is 11.6 Å². The smallest absolute Gasteiger partial charge is 0.200 e. The quantitative estimate of drug-likeness (QED) is 0.642. The normalized spacial score (nSPS) is 13.7. The Balaban J connectivity index is 1.70. The maximum Gasteiger partial charge on any atom is 0.200 e. The second-order valence-corrected chi connectivity index (χ2v) is 7.02. The molecule has 1 saturated carbocycles. The van der Waals surface area contributed by atoms with Crippen molar-refractivity contribution in [3.63, 3.8) is 0 Å². The molecule has 0 saturated heterocycles. The zero-order valence-electron chi connectivity index (χ0n) is 16.0. The summed E-state index contributed by atoms with van der Waals surface area (Å²) in [5.41, 5.74) is 3.96. The first kappa shape index (κ1) is 17.6. The topological polar surface area (TPSA) is 69.0 Å². The van der Waals surface area contributed by atoms with E-state index in [1.807, 2.05) is 48.2 Å². The standard InChI is InChI=1S/C20H24N6O/c1-25(2)16-6-7-17(22-13-16)19-23-20(26(24-19)10-11-27-3)18-12-15(8-9-21-18)14-4-5-14/h6-9,12-14H,4-5,10-11H2,1-3H3. The molecule has 0 N–H and O–H groups in total. The predicted molar refractivity (Wildman–Crippen MR) is 105 cm³/mol. The van der Waals surface area contributed by atoms with Crippen LogP contribution in [0.5, 0.6) is 0 Å². The minimum atomic E-state index is 0.561. The van der Waals surface area contributed by atoms with E-state index in [1.165, 1.54) is 18.4 Å². The first-order valence-electron chi connectivity index (χ1n) is 9.19. The molecule has 1 fully saturated rings. The SMILES string of the molecule is COCCn1nc(-c2ccc(N(C)C)cn2)nc1-c1cc(C2CC2)ccn1. The van der Waals surface area contributed by atoms with Crippen LogP contribution in [0.2, 0.25) is 0 Å². The average molecular weight is 364 g/mol. The molecular weight excluding hydrogens is 340 g/mol. The van der Waals surface area contributed by atoms with Gasteiger partial charge in [-0.3, -0.25) is 9.97 Å². The van der Waals surface area contributed by atoms with Gasteiger partial charge < -0.3 is 9.64 Å². The van der Waals surface area contributed by atoms with Gasteiger partial charge >= 0.3 is 0 Å². The van der Waals surface area contributed by atoms with E-state index < -0.39 is 0 Å². The number of anilines is 1. The van der Waals surface area contributed by atoms with Gasteiger partial charge in [0.1, 0.15) is 11.4 Å². The first-order valence-corrected chi connectivity index (χ1v) is 9.19. The zero-order chi connectivity index (χ0) is 18.8. The van der Waals surface area contributed by atoms with Crippen molar-refractivity contribution in [2.24, 2.45) is 0 Å². The Morgan fingerprint density at radius 3 is 2.67 bits per heavy atom. The summed E-state index contributed by atoms with van der Waals surface area (Å²) < 4.78 is 7.10. The zero-order valence-corrected chi connectivity index (χ0v) is 16.0. The fraction of sp³-hybridized carbons (Fsp3) is 0.400. The van der Waals surface area contributed by atoms with Crippen LogP contribution in [0, 0.1) is 0 Å². The van der Waals surface area contributed by atoms with Crippen LogP contribution in [0.25, 0.3) is 23.0 Å². The molecule has 0 aromatic carbocycles. The number of hydrogen-bond donors (Lipinski definition) is 0. The van der Waals surface area contributed by atoms with Gasteiger partial charge in [-0.1, -0.05) is 0 Å². The van der Waals surface area contributed by atoms with E-state index in [-0.39, 0.29) is 0 Å². The van der Waals surface area contributed by atoms with Gasteiger partial charge in [0, 0.05) is 27.4 Å². The number of rotatable bonds is 7. The molecule has 140 valence electrons. The van der Waals surface area contributed by atoms with Gasteiger partial charge in [-0.2, -0.15) is 0 Å². The Labute approximate surface area is 159 Å². The van der Waals surface area contributed by atoms with Crippen LogP contribution in [0.15, 0.2) is 36.7 Å². The number of ether oxygens (including phenoxy) is 1. The van der Waals surface area contributed by atoms with E-state index in [0.29, 0.717) is 24.9 Å². The molecular formula is C20H24N6O. The maximum absolute atomic E-state index is 5.24. The molecule has 3 aromatic heterocycles. The van der Waals surface area contributed by atoms with E-state index in [9.17, 15) is 0 Å². The van der Waals surface area contributed by atoms with Crippen molar-refractivity contribution >= 4 is 5.69 Å². The minimum absolute atomic E-state index is 0.561. The largest absolute Gasteiger partial charge is 0.383 e. The molecule has 27 heavy (non-hydrogen) atoms. The highest BCUT2D eigenvalue weighted by molar-refractivity contribution is 5.59. The molecule has 7 nitrogen and oxygen atoms in total. The summed E-state index contributed by atoms with van der Waals surface area (Å²) in [5, 5.41) is 4.67. The average Bonchev–Trinajstić information content (AvgIpc) is 3.46. The number of nitrogens with zero attached hydrogens (tertiary/aromatic N) is 6. The maximum atomic E-state index is 5.24. The Hall–Kier alpha value is -2.80. The van der Waals surface area contributed by atoms with Gasteiger partial charge in [0.25, 0.3) is 0 Å².